The van der Waals surface area contributed by atoms with Gasteiger partial charge in [-0.15, -0.1) is 0 Å². The van der Waals surface area contributed by atoms with Crippen molar-refractivity contribution < 1.29 is 14.3 Å². The molecule has 7 heteroatoms. The number of nitrogens with zero attached hydrogens (tertiary/aromatic N) is 4. The number of carbonyl (C=O) groups excluding carboxylic acids is 1. The minimum atomic E-state index is -0.503. The van der Waals surface area contributed by atoms with Crippen molar-refractivity contribution in [3.05, 3.63) is 59.7 Å². The van der Waals surface area contributed by atoms with E-state index in [4.69, 9.17) is 19.7 Å². The molecule has 0 N–H and O–H groups in total. The van der Waals surface area contributed by atoms with Crippen molar-refractivity contribution in [2.75, 3.05) is 19.7 Å². The van der Waals surface area contributed by atoms with Crippen molar-refractivity contribution in [1.82, 2.24) is 14.5 Å². The summed E-state index contributed by atoms with van der Waals surface area (Å²) in [5, 5.41) is 9.06. The molecule has 4 rings (SSSR count). The maximum Gasteiger partial charge on any atom is 0.410 e. The molecule has 1 atom stereocenters. The number of aromatic nitrogens is 2. The van der Waals surface area contributed by atoms with Crippen LogP contribution in [0, 0.1) is 17.2 Å². The van der Waals surface area contributed by atoms with Crippen molar-refractivity contribution in [2.45, 2.75) is 45.8 Å². The van der Waals surface area contributed by atoms with Crippen molar-refractivity contribution in [1.29, 1.82) is 5.26 Å². The van der Waals surface area contributed by atoms with Crippen LogP contribution >= 0.6 is 0 Å². The van der Waals surface area contributed by atoms with Crippen LogP contribution in [0.4, 0.5) is 4.79 Å². The Morgan fingerprint density at radius 3 is 2.67 bits per heavy atom. The molecule has 7 nitrogen and oxygen atoms in total. The first-order valence-corrected chi connectivity index (χ1v) is 11.4. The molecule has 0 spiro atoms. The second kappa shape index (κ2) is 9.53. The molecule has 1 amide bonds. The van der Waals surface area contributed by atoms with Gasteiger partial charge in [-0.05, 0) is 63.4 Å². The lowest BCUT2D eigenvalue weighted by Crippen LogP contribution is -2.44. The van der Waals surface area contributed by atoms with Gasteiger partial charge in [-0.2, -0.15) is 10.2 Å². The van der Waals surface area contributed by atoms with E-state index in [1.165, 1.54) is 0 Å². The highest BCUT2D eigenvalue weighted by atomic mass is 16.6. The zero-order valence-corrected chi connectivity index (χ0v) is 19.5. The first kappa shape index (κ1) is 22.7. The quantitative estimate of drug-likeness (QED) is 0.552. The van der Waals surface area contributed by atoms with Gasteiger partial charge in [-0.3, -0.25) is 4.57 Å². The molecule has 33 heavy (non-hydrogen) atoms. The zero-order chi connectivity index (χ0) is 23.4. The smallest absolute Gasteiger partial charge is 0.410 e. The van der Waals surface area contributed by atoms with Crippen LogP contribution in [0.3, 0.4) is 0 Å². The predicted molar refractivity (Wildman–Crippen MR) is 126 cm³/mol. The average Bonchev–Trinajstić information content (AvgIpc) is 3.14. The van der Waals surface area contributed by atoms with E-state index in [1.54, 1.807) is 4.90 Å². The number of hydrogen-bond donors (Lipinski definition) is 0. The standard InChI is InChI=1S/C26H30N4O3/c1-26(2,3)33-25(31)29-14-6-7-21(16-29)18-32-24-28-22-8-4-5-9-23(22)30(24)17-20-12-10-19(15-27)11-13-20/h4-5,8-13,21H,6-7,14,16-18H2,1-3H3/t21-/m1/s1. The van der Waals surface area contributed by atoms with Crippen LogP contribution in [0.5, 0.6) is 6.01 Å². The molecule has 2 heterocycles. The number of likely N-dealkylation sites (tertiary alicyclic amines) is 1. The van der Waals surface area contributed by atoms with E-state index >= 15 is 0 Å². The molecule has 0 unspecified atom stereocenters. The first-order chi connectivity index (χ1) is 15.8. The van der Waals surface area contributed by atoms with Crippen LogP contribution in [0.1, 0.15) is 44.7 Å². The Balaban J connectivity index is 1.47. The molecule has 1 aliphatic rings. The highest BCUT2D eigenvalue weighted by Gasteiger charge is 2.28. The van der Waals surface area contributed by atoms with Crippen molar-refractivity contribution in [3.8, 4) is 12.1 Å². The number of para-hydroxylation sites is 2. The monoisotopic (exact) mass is 446 g/mol. The van der Waals surface area contributed by atoms with E-state index in [-0.39, 0.29) is 12.0 Å². The molecule has 1 aromatic heterocycles. The number of carbonyl (C=O) groups is 1. The largest absolute Gasteiger partial charge is 0.464 e. The highest BCUT2D eigenvalue weighted by molar-refractivity contribution is 5.76. The Labute approximate surface area is 194 Å². The van der Waals surface area contributed by atoms with Crippen LogP contribution in [-0.4, -0.2) is 45.8 Å². The first-order valence-electron chi connectivity index (χ1n) is 11.4. The van der Waals surface area contributed by atoms with E-state index in [0.29, 0.717) is 37.8 Å². The van der Waals surface area contributed by atoms with Gasteiger partial charge in [-0.25, -0.2) is 4.79 Å². The Bertz CT molecular complexity index is 1150. The van der Waals surface area contributed by atoms with Crippen molar-refractivity contribution in [2.24, 2.45) is 5.92 Å². The zero-order valence-electron chi connectivity index (χ0n) is 19.5. The van der Waals surface area contributed by atoms with E-state index in [0.717, 1.165) is 29.4 Å². The van der Waals surface area contributed by atoms with Gasteiger partial charge in [0.1, 0.15) is 5.60 Å². The van der Waals surface area contributed by atoms with Gasteiger partial charge >= 0.3 is 6.09 Å². The SMILES string of the molecule is CC(C)(C)OC(=O)N1CCC[C@@H](COc2nc3ccccc3n2Cc2ccc(C#N)cc2)C1. The fraction of sp³-hybridized carbons (Fsp3) is 0.423. The summed E-state index contributed by atoms with van der Waals surface area (Å²) in [6, 6.07) is 18.2. The molecule has 1 fully saturated rings. The maximum absolute atomic E-state index is 12.5. The van der Waals surface area contributed by atoms with Crippen LogP contribution in [0.15, 0.2) is 48.5 Å². The molecule has 0 saturated carbocycles. The van der Waals surface area contributed by atoms with Crippen LogP contribution in [0.2, 0.25) is 0 Å². The molecular formula is C26H30N4O3. The molecule has 3 aromatic rings. The fourth-order valence-corrected chi connectivity index (χ4v) is 4.07. The van der Waals surface area contributed by atoms with Gasteiger partial charge in [0.05, 0.1) is 35.8 Å². The summed E-state index contributed by atoms with van der Waals surface area (Å²) in [4.78, 5) is 19.0. The van der Waals surface area contributed by atoms with Crippen LogP contribution < -0.4 is 4.74 Å². The topological polar surface area (TPSA) is 80.4 Å². The van der Waals surface area contributed by atoms with Crippen molar-refractivity contribution >= 4 is 17.1 Å². The summed E-state index contributed by atoms with van der Waals surface area (Å²) in [5.74, 6) is 0.217. The maximum atomic E-state index is 12.5. The summed E-state index contributed by atoms with van der Waals surface area (Å²) in [5.41, 5.74) is 3.07. The summed E-state index contributed by atoms with van der Waals surface area (Å²) < 4.78 is 13.8. The number of benzene rings is 2. The van der Waals surface area contributed by atoms with Gasteiger partial charge in [0.2, 0.25) is 0 Å². The molecular weight excluding hydrogens is 416 g/mol. The van der Waals surface area contributed by atoms with Gasteiger partial charge in [-0.1, -0.05) is 24.3 Å². The molecule has 1 saturated heterocycles. The molecule has 1 aliphatic heterocycles. The number of ether oxygens (including phenoxy) is 2. The van der Waals surface area contributed by atoms with Gasteiger partial charge in [0.15, 0.2) is 0 Å². The van der Waals surface area contributed by atoms with Crippen LogP contribution in [-0.2, 0) is 11.3 Å². The molecule has 172 valence electrons. The number of imidazole rings is 1. The third-order valence-corrected chi connectivity index (χ3v) is 5.66. The molecule has 0 aliphatic carbocycles. The lowest BCUT2D eigenvalue weighted by atomic mass is 9.99. The van der Waals surface area contributed by atoms with Gasteiger partial charge in [0.25, 0.3) is 6.01 Å². The summed E-state index contributed by atoms with van der Waals surface area (Å²) in [6.07, 6.45) is 1.66. The lowest BCUT2D eigenvalue weighted by molar-refractivity contribution is 0.0136. The van der Waals surface area contributed by atoms with Gasteiger partial charge in [0, 0.05) is 19.0 Å². The number of rotatable bonds is 5. The third-order valence-electron chi connectivity index (χ3n) is 5.66. The predicted octanol–water partition coefficient (Wildman–Crippen LogP) is 4.98. The Hall–Kier alpha value is -3.53. The Morgan fingerprint density at radius 1 is 1.18 bits per heavy atom. The number of piperidine rings is 1. The molecule has 2 aromatic carbocycles. The summed E-state index contributed by atoms with van der Waals surface area (Å²) in [6.45, 7) is 8.05. The number of fused-ring (bicyclic) bond motifs is 1. The number of hydrogen-bond acceptors (Lipinski definition) is 5. The second-order valence-corrected chi connectivity index (χ2v) is 9.52. The average molecular weight is 447 g/mol. The van der Waals surface area contributed by atoms with Crippen LogP contribution in [0.25, 0.3) is 11.0 Å². The fourth-order valence-electron chi connectivity index (χ4n) is 4.07. The minimum absolute atomic E-state index is 0.217. The number of amides is 1. The van der Waals surface area contributed by atoms with E-state index in [1.807, 2.05) is 69.3 Å². The van der Waals surface area contributed by atoms with E-state index in [2.05, 4.69) is 10.6 Å². The van der Waals surface area contributed by atoms with Gasteiger partial charge < -0.3 is 14.4 Å². The highest BCUT2D eigenvalue weighted by Crippen LogP contribution is 2.25. The lowest BCUT2D eigenvalue weighted by Gasteiger charge is -2.33. The molecule has 0 bridgehead atoms. The Kier molecular flexibility index (Phi) is 6.55. The molecule has 0 radical (unpaired) electrons. The normalized spacial score (nSPS) is 16.4. The minimum Gasteiger partial charge on any atom is -0.464 e. The van der Waals surface area contributed by atoms with Crippen molar-refractivity contribution in [3.63, 3.8) is 0 Å². The Morgan fingerprint density at radius 2 is 1.94 bits per heavy atom. The van der Waals surface area contributed by atoms with E-state index < -0.39 is 5.60 Å². The summed E-state index contributed by atoms with van der Waals surface area (Å²) >= 11 is 0. The number of nitriles is 1. The van der Waals surface area contributed by atoms with E-state index in [9.17, 15) is 4.79 Å². The third kappa shape index (κ3) is 5.64. The summed E-state index contributed by atoms with van der Waals surface area (Å²) in [7, 11) is 0. The second-order valence-electron chi connectivity index (χ2n) is 9.52.